The molecular weight excluding hydrogens is 366 g/mol. The van der Waals surface area contributed by atoms with Crippen LogP contribution in [0.4, 0.5) is 0 Å². The van der Waals surface area contributed by atoms with Crippen molar-refractivity contribution < 1.29 is 12.9 Å². The Kier molecular flexibility index (Phi) is 5.27. The molecule has 0 aliphatic carbocycles. The van der Waals surface area contributed by atoms with Crippen LogP contribution >= 0.6 is 0 Å². The number of aromatic nitrogens is 2. The quantitative estimate of drug-likeness (QED) is 0.838. The molecule has 2 aromatic rings. The molecule has 1 unspecified atom stereocenters. The summed E-state index contributed by atoms with van der Waals surface area (Å²) in [6.45, 7) is 3.65. The summed E-state index contributed by atoms with van der Waals surface area (Å²) in [6.07, 6.45) is 1.37. The van der Waals surface area contributed by atoms with Crippen LogP contribution in [-0.2, 0) is 10.0 Å². The second-order valence-corrected chi connectivity index (χ2v) is 9.12. The minimum absolute atomic E-state index is 0.107. The SMILES string of the molecule is CN1CCNCC1c1noc(C2CCN(S(=O)(=O)c3ccccc3)CC2)n1. The average molecular weight is 391 g/mol. The first-order valence-corrected chi connectivity index (χ1v) is 10.8. The third-order valence-corrected chi connectivity index (χ3v) is 7.36. The number of hydrogen-bond donors (Lipinski definition) is 1. The largest absolute Gasteiger partial charge is 0.339 e. The number of piperidine rings is 1. The molecule has 0 amide bonds. The van der Waals surface area contributed by atoms with Crippen LogP contribution in [0, 0.1) is 0 Å². The third-order valence-electron chi connectivity index (χ3n) is 5.45. The highest BCUT2D eigenvalue weighted by atomic mass is 32.2. The third kappa shape index (κ3) is 3.77. The van der Waals surface area contributed by atoms with E-state index in [2.05, 4.69) is 27.4 Å². The van der Waals surface area contributed by atoms with Crippen molar-refractivity contribution in [1.29, 1.82) is 0 Å². The highest BCUT2D eigenvalue weighted by molar-refractivity contribution is 7.89. The first-order chi connectivity index (χ1) is 13.1. The molecule has 0 bridgehead atoms. The van der Waals surface area contributed by atoms with E-state index in [1.165, 1.54) is 0 Å². The molecule has 8 nitrogen and oxygen atoms in total. The molecular formula is C18H25N5O3S. The number of nitrogens with zero attached hydrogens (tertiary/aromatic N) is 4. The first kappa shape index (κ1) is 18.5. The van der Waals surface area contributed by atoms with E-state index in [9.17, 15) is 8.42 Å². The summed E-state index contributed by atoms with van der Waals surface area (Å²) >= 11 is 0. The van der Waals surface area contributed by atoms with E-state index in [1.807, 2.05) is 6.07 Å². The van der Waals surface area contributed by atoms with Gasteiger partial charge in [0.1, 0.15) is 0 Å². The molecule has 2 fully saturated rings. The monoisotopic (exact) mass is 391 g/mol. The van der Waals surface area contributed by atoms with E-state index in [1.54, 1.807) is 28.6 Å². The predicted molar refractivity (Wildman–Crippen MR) is 99.7 cm³/mol. The lowest BCUT2D eigenvalue weighted by molar-refractivity contribution is 0.190. The molecule has 1 aromatic carbocycles. The van der Waals surface area contributed by atoms with Gasteiger partial charge in [-0.05, 0) is 32.0 Å². The van der Waals surface area contributed by atoms with Gasteiger partial charge in [0.15, 0.2) is 5.82 Å². The molecule has 1 N–H and O–H groups in total. The van der Waals surface area contributed by atoms with Crippen LogP contribution in [0.15, 0.2) is 39.8 Å². The van der Waals surface area contributed by atoms with Crippen molar-refractivity contribution in [2.45, 2.75) is 29.7 Å². The Hall–Kier alpha value is -1.81. The summed E-state index contributed by atoms with van der Waals surface area (Å²) in [5, 5.41) is 7.54. The van der Waals surface area contributed by atoms with Gasteiger partial charge in [-0.1, -0.05) is 23.4 Å². The van der Waals surface area contributed by atoms with E-state index < -0.39 is 10.0 Å². The number of sulfonamides is 1. The number of nitrogens with one attached hydrogen (secondary N) is 1. The molecule has 3 heterocycles. The van der Waals surface area contributed by atoms with Crippen molar-refractivity contribution >= 4 is 10.0 Å². The van der Waals surface area contributed by atoms with Crippen molar-refractivity contribution in [3.63, 3.8) is 0 Å². The highest BCUT2D eigenvalue weighted by Crippen LogP contribution is 2.30. The van der Waals surface area contributed by atoms with Crippen molar-refractivity contribution in [3.8, 4) is 0 Å². The molecule has 0 spiro atoms. The second kappa shape index (κ2) is 7.67. The lowest BCUT2D eigenvalue weighted by Crippen LogP contribution is -2.44. The fourth-order valence-electron chi connectivity index (χ4n) is 3.73. The van der Waals surface area contributed by atoms with Crippen LogP contribution in [0.3, 0.4) is 0 Å². The van der Waals surface area contributed by atoms with Crippen molar-refractivity contribution in [2.75, 3.05) is 39.8 Å². The van der Waals surface area contributed by atoms with Crippen LogP contribution in [0.25, 0.3) is 0 Å². The first-order valence-electron chi connectivity index (χ1n) is 9.35. The molecule has 0 saturated carbocycles. The molecule has 2 aliphatic rings. The van der Waals surface area contributed by atoms with E-state index in [0.29, 0.717) is 42.5 Å². The van der Waals surface area contributed by atoms with Gasteiger partial charge >= 0.3 is 0 Å². The summed E-state index contributed by atoms with van der Waals surface area (Å²) in [5.74, 6) is 1.44. The Morgan fingerprint density at radius 3 is 2.59 bits per heavy atom. The summed E-state index contributed by atoms with van der Waals surface area (Å²) in [4.78, 5) is 7.19. The minimum Gasteiger partial charge on any atom is -0.339 e. The Balaban J connectivity index is 1.41. The highest BCUT2D eigenvalue weighted by Gasteiger charge is 2.33. The maximum absolute atomic E-state index is 12.7. The molecule has 2 saturated heterocycles. The lowest BCUT2D eigenvalue weighted by atomic mass is 9.98. The average Bonchev–Trinajstić information content (AvgIpc) is 3.19. The van der Waals surface area contributed by atoms with Crippen LogP contribution in [0.1, 0.15) is 36.5 Å². The Morgan fingerprint density at radius 1 is 1.15 bits per heavy atom. The van der Waals surface area contributed by atoms with E-state index in [4.69, 9.17) is 4.52 Å². The Labute approximate surface area is 159 Å². The van der Waals surface area contributed by atoms with E-state index in [-0.39, 0.29) is 12.0 Å². The normalized spacial score (nSPS) is 23.5. The number of likely N-dealkylation sites (N-methyl/N-ethyl adjacent to an activating group) is 1. The molecule has 146 valence electrons. The van der Waals surface area contributed by atoms with Gasteiger partial charge in [-0.2, -0.15) is 9.29 Å². The van der Waals surface area contributed by atoms with Gasteiger partial charge in [0.05, 0.1) is 10.9 Å². The zero-order chi connectivity index (χ0) is 18.9. The zero-order valence-corrected chi connectivity index (χ0v) is 16.2. The summed E-state index contributed by atoms with van der Waals surface area (Å²) in [5.41, 5.74) is 0. The van der Waals surface area contributed by atoms with Gasteiger partial charge in [-0.25, -0.2) is 8.42 Å². The maximum Gasteiger partial charge on any atom is 0.243 e. The Bertz CT molecular complexity index is 862. The summed E-state index contributed by atoms with van der Waals surface area (Å²) < 4.78 is 32.6. The van der Waals surface area contributed by atoms with Gasteiger partial charge in [0.25, 0.3) is 0 Å². The smallest absolute Gasteiger partial charge is 0.243 e. The van der Waals surface area contributed by atoms with Crippen LogP contribution in [-0.4, -0.2) is 67.5 Å². The number of hydrogen-bond acceptors (Lipinski definition) is 7. The number of benzene rings is 1. The predicted octanol–water partition coefficient (Wildman–Crippen LogP) is 1.21. The van der Waals surface area contributed by atoms with Crippen LogP contribution in [0.2, 0.25) is 0 Å². The Morgan fingerprint density at radius 2 is 1.89 bits per heavy atom. The van der Waals surface area contributed by atoms with Gasteiger partial charge in [-0.15, -0.1) is 0 Å². The molecule has 0 radical (unpaired) electrons. The molecule has 2 aliphatic heterocycles. The van der Waals surface area contributed by atoms with Crippen molar-refractivity contribution in [2.24, 2.45) is 0 Å². The fraction of sp³-hybridized carbons (Fsp3) is 0.556. The van der Waals surface area contributed by atoms with Gasteiger partial charge in [0.2, 0.25) is 15.9 Å². The van der Waals surface area contributed by atoms with Crippen LogP contribution in [0.5, 0.6) is 0 Å². The lowest BCUT2D eigenvalue weighted by Gasteiger charge is -2.30. The van der Waals surface area contributed by atoms with Gasteiger partial charge in [-0.3, -0.25) is 4.90 Å². The fourth-order valence-corrected chi connectivity index (χ4v) is 5.22. The van der Waals surface area contributed by atoms with Gasteiger partial charge < -0.3 is 9.84 Å². The molecule has 4 rings (SSSR count). The van der Waals surface area contributed by atoms with Crippen LogP contribution < -0.4 is 5.32 Å². The van der Waals surface area contributed by atoms with Crippen molar-refractivity contribution in [1.82, 2.24) is 24.7 Å². The molecule has 9 heteroatoms. The maximum atomic E-state index is 12.7. The standard InChI is InChI=1S/C18H25N5O3S/c1-22-12-9-19-13-16(22)17-20-18(26-21-17)14-7-10-23(11-8-14)27(24,25)15-5-3-2-4-6-15/h2-6,14,16,19H,7-13H2,1H3. The summed E-state index contributed by atoms with van der Waals surface area (Å²) in [6, 6.07) is 8.71. The number of piperazine rings is 1. The number of rotatable bonds is 4. The van der Waals surface area contributed by atoms with Gasteiger partial charge in [0, 0.05) is 38.6 Å². The summed E-state index contributed by atoms with van der Waals surface area (Å²) in [7, 11) is -1.37. The molecule has 1 aromatic heterocycles. The molecule has 1 atom stereocenters. The van der Waals surface area contributed by atoms with Crippen molar-refractivity contribution in [3.05, 3.63) is 42.0 Å². The van der Waals surface area contributed by atoms with E-state index in [0.717, 1.165) is 19.6 Å². The topological polar surface area (TPSA) is 91.6 Å². The molecule has 27 heavy (non-hydrogen) atoms. The zero-order valence-electron chi connectivity index (χ0n) is 15.4. The second-order valence-electron chi connectivity index (χ2n) is 7.18. The van der Waals surface area contributed by atoms with E-state index >= 15 is 0 Å². The minimum atomic E-state index is -3.44.